The Morgan fingerprint density at radius 1 is 1.06 bits per heavy atom. The second-order valence-electron chi connectivity index (χ2n) is 7.77. The van der Waals surface area contributed by atoms with Gasteiger partial charge in [-0.1, -0.05) is 48.0 Å². The van der Waals surface area contributed by atoms with Crippen molar-refractivity contribution in [3.05, 3.63) is 99.6 Å². The smallest absolute Gasteiger partial charge is 0.408 e. The maximum atomic E-state index is 13.1. The van der Waals surface area contributed by atoms with Crippen molar-refractivity contribution in [2.24, 2.45) is 7.05 Å². The van der Waals surface area contributed by atoms with E-state index in [1.165, 1.54) is 16.7 Å². The lowest BCUT2D eigenvalue weighted by molar-refractivity contribution is 0.527. The molecule has 0 spiro atoms. The fourth-order valence-electron chi connectivity index (χ4n) is 4.09. The number of sulfonamides is 1. The van der Waals surface area contributed by atoms with E-state index in [0.29, 0.717) is 10.5 Å². The molecule has 9 heteroatoms. The van der Waals surface area contributed by atoms with Crippen LogP contribution in [0.5, 0.6) is 0 Å². The Morgan fingerprint density at radius 3 is 2.64 bits per heavy atom. The third kappa shape index (κ3) is 3.86. The zero-order valence-electron chi connectivity index (χ0n) is 17.6. The molecule has 0 amide bonds. The topological polar surface area (TPSA) is 97.1 Å². The average Bonchev–Trinajstić information content (AvgIpc) is 3.36. The van der Waals surface area contributed by atoms with Gasteiger partial charge in [-0.15, -0.1) is 0 Å². The van der Waals surface area contributed by atoms with E-state index < -0.39 is 15.8 Å². The summed E-state index contributed by atoms with van der Waals surface area (Å²) in [6.07, 6.45) is 1.89. The fourth-order valence-corrected chi connectivity index (χ4v) is 5.41. The maximum absolute atomic E-state index is 13.1. The van der Waals surface area contributed by atoms with Crippen LogP contribution in [0.2, 0.25) is 5.02 Å². The molecule has 0 bridgehead atoms. The van der Waals surface area contributed by atoms with Gasteiger partial charge in [0.15, 0.2) is 5.58 Å². The third-order valence-corrected chi connectivity index (χ3v) is 7.59. The number of aryl methyl sites for hydroxylation is 1. The van der Waals surface area contributed by atoms with Crippen LogP contribution in [0, 0.1) is 0 Å². The highest BCUT2D eigenvalue weighted by molar-refractivity contribution is 7.89. The van der Waals surface area contributed by atoms with Crippen LogP contribution in [0.25, 0.3) is 22.0 Å². The largest absolute Gasteiger partial charge is 0.419 e. The summed E-state index contributed by atoms with van der Waals surface area (Å²) in [5.74, 6) is -0.881. The van der Waals surface area contributed by atoms with Gasteiger partial charge in [0, 0.05) is 47.7 Å². The molecule has 2 aromatic heterocycles. The first kappa shape index (κ1) is 21.5. The minimum atomic E-state index is -3.89. The summed E-state index contributed by atoms with van der Waals surface area (Å²) in [5.41, 5.74) is 3.44. The second kappa shape index (κ2) is 8.22. The van der Waals surface area contributed by atoms with E-state index in [4.69, 9.17) is 16.0 Å². The lowest BCUT2D eigenvalue weighted by Crippen LogP contribution is -2.29. The molecular weight excluding hydrogens is 462 g/mol. The van der Waals surface area contributed by atoms with Crippen LogP contribution in [0.1, 0.15) is 17.0 Å². The van der Waals surface area contributed by atoms with Gasteiger partial charge in [0.05, 0.1) is 10.4 Å². The van der Waals surface area contributed by atoms with Crippen LogP contribution in [0.3, 0.4) is 0 Å². The van der Waals surface area contributed by atoms with Gasteiger partial charge in [-0.2, -0.15) is 0 Å². The van der Waals surface area contributed by atoms with E-state index in [1.54, 1.807) is 19.2 Å². The molecule has 0 saturated heterocycles. The molecule has 0 unspecified atom stereocenters. The van der Waals surface area contributed by atoms with E-state index in [0.717, 1.165) is 22.0 Å². The number of fused-ring (bicyclic) bond motifs is 2. The Bertz CT molecular complexity index is 1650. The Hall–Kier alpha value is -3.33. The van der Waals surface area contributed by atoms with E-state index >= 15 is 0 Å². The molecule has 0 aliphatic rings. The predicted octanol–water partition coefficient (Wildman–Crippen LogP) is 4.38. The van der Waals surface area contributed by atoms with Crippen LogP contribution in [-0.2, 0) is 17.1 Å². The van der Waals surface area contributed by atoms with Gasteiger partial charge >= 0.3 is 5.76 Å². The monoisotopic (exact) mass is 481 g/mol. The number of para-hydroxylation sites is 1. The van der Waals surface area contributed by atoms with Gasteiger partial charge in [0.2, 0.25) is 10.0 Å². The number of aromatic amines is 1. The zero-order valence-corrected chi connectivity index (χ0v) is 19.2. The molecular formula is C24H20ClN3O4S. The highest BCUT2D eigenvalue weighted by atomic mass is 35.5. The molecule has 33 heavy (non-hydrogen) atoms. The standard InChI is InChI=1S/C24H20ClN3O4S/c1-28-22-11-10-15(12-23(22)32-24(28)29)33(30,31)27-14-19(16-6-2-4-8-20(16)25)18-13-26-21-9-5-3-7-17(18)21/h2-13,19,26-27H,14H2,1H3/t19-/m0/s1. The van der Waals surface area contributed by atoms with Gasteiger partial charge in [0.1, 0.15) is 0 Å². The Kier molecular flexibility index (Phi) is 5.36. The number of oxazole rings is 1. The summed E-state index contributed by atoms with van der Waals surface area (Å²) < 4.78 is 35.5. The first-order valence-electron chi connectivity index (χ1n) is 10.2. The molecule has 2 heterocycles. The van der Waals surface area contributed by atoms with E-state index in [9.17, 15) is 13.2 Å². The van der Waals surface area contributed by atoms with Crippen LogP contribution in [-0.4, -0.2) is 24.5 Å². The second-order valence-corrected chi connectivity index (χ2v) is 9.95. The first-order chi connectivity index (χ1) is 15.8. The summed E-state index contributed by atoms with van der Waals surface area (Å²) >= 11 is 6.50. The molecule has 7 nitrogen and oxygen atoms in total. The van der Waals surface area contributed by atoms with Crippen molar-refractivity contribution < 1.29 is 12.8 Å². The normalized spacial score (nSPS) is 13.0. The van der Waals surface area contributed by atoms with E-state index in [-0.39, 0.29) is 22.9 Å². The van der Waals surface area contributed by atoms with Crippen molar-refractivity contribution in [1.29, 1.82) is 0 Å². The van der Waals surface area contributed by atoms with Gasteiger partial charge in [0.25, 0.3) is 0 Å². The van der Waals surface area contributed by atoms with Crippen molar-refractivity contribution in [2.45, 2.75) is 10.8 Å². The molecule has 0 aliphatic carbocycles. The number of rotatable bonds is 6. The van der Waals surface area contributed by atoms with E-state index in [2.05, 4.69) is 9.71 Å². The lowest BCUT2D eigenvalue weighted by atomic mass is 9.91. The van der Waals surface area contributed by atoms with E-state index in [1.807, 2.05) is 48.7 Å². The fraction of sp³-hybridized carbons (Fsp3) is 0.125. The Morgan fingerprint density at radius 2 is 1.82 bits per heavy atom. The van der Waals surface area contributed by atoms with Crippen LogP contribution in [0.4, 0.5) is 0 Å². The quantitative estimate of drug-likeness (QED) is 0.376. The number of hydrogen-bond donors (Lipinski definition) is 2. The van der Waals surface area contributed by atoms with Gasteiger partial charge < -0.3 is 9.40 Å². The number of halogens is 1. The molecule has 5 aromatic rings. The zero-order chi connectivity index (χ0) is 23.2. The molecule has 1 atom stereocenters. The molecule has 168 valence electrons. The highest BCUT2D eigenvalue weighted by Gasteiger charge is 2.24. The molecule has 0 aliphatic heterocycles. The highest BCUT2D eigenvalue weighted by Crippen LogP contribution is 2.34. The van der Waals surface area contributed by atoms with Crippen molar-refractivity contribution in [3.63, 3.8) is 0 Å². The Labute approximate surface area is 194 Å². The Balaban J connectivity index is 1.52. The van der Waals surface area contributed by atoms with Crippen LogP contribution in [0.15, 0.2) is 87.0 Å². The first-order valence-corrected chi connectivity index (χ1v) is 12.1. The number of aromatic nitrogens is 2. The predicted molar refractivity (Wildman–Crippen MR) is 128 cm³/mol. The summed E-state index contributed by atoms with van der Waals surface area (Å²) in [7, 11) is -2.32. The number of nitrogens with one attached hydrogen (secondary N) is 2. The number of benzene rings is 3. The maximum Gasteiger partial charge on any atom is 0.419 e. The van der Waals surface area contributed by atoms with Gasteiger partial charge in [-0.25, -0.2) is 17.9 Å². The van der Waals surface area contributed by atoms with Crippen molar-refractivity contribution in [2.75, 3.05) is 6.54 Å². The minimum Gasteiger partial charge on any atom is -0.408 e. The van der Waals surface area contributed by atoms with Crippen molar-refractivity contribution >= 4 is 43.6 Å². The lowest BCUT2D eigenvalue weighted by Gasteiger charge is -2.19. The average molecular weight is 482 g/mol. The minimum absolute atomic E-state index is 0.0150. The van der Waals surface area contributed by atoms with Crippen LogP contribution < -0.4 is 10.5 Å². The molecule has 0 saturated carbocycles. The van der Waals surface area contributed by atoms with Crippen molar-refractivity contribution in [1.82, 2.24) is 14.3 Å². The molecule has 0 radical (unpaired) electrons. The molecule has 3 aromatic carbocycles. The molecule has 0 fully saturated rings. The van der Waals surface area contributed by atoms with Crippen LogP contribution >= 0.6 is 11.6 Å². The third-order valence-electron chi connectivity index (χ3n) is 5.83. The van der Waals surface area contributed by atoms with Gasteiger partial charge in [-0.05, 0) is 35.4 Å². The number of nitrogens with zero attached hydrogens (tertiary/aromatic N) is 1. The van der Waals surface area contributed by atoms with Crippen molar-refractivity contribution in [3.8, 4) is 0 Å². The molecule has 5 rings (SSSR count). The SMILES string of the molecule is Cn1c(=O)oc2cc(S(=O)(=O)NC[C@@H](c3ccccc3Cl)c3c[nH]c4ccccc34)ccc21. The molecule has 2 N–H and O–H groups in total. The summed E-state index contributed by atoms with van der Waals surface area (Å²) in [6.45, 7) is 0.0880. The van der Waals surface area contributed by atoms with Gasteiger partial charge in [-0.3, -0.25) is 4.57 Å². The summed E-state index contributed by atoms with van der Waals surface area (Å²) in [5, 5.41) is 1.55. The summed E-state index contributed by atoms with van der Waals surface area (Å²) in [4.78, 5) is 15.0. The number of hydrogen-bond acceptors (Lipinski definition) is 4. The summed E-state index contributed by atoms with van der Waals surface area (Å²) in [6, 6.07) is 19.6. The number of H-pyrrole nitrogens is 1.